The average molecular weight is 340 g/mol. The molecule has 22 heavy (non-hydrogen) atoms. The van der Waals surface area contributed by atoms with Gasteiger partial charge in [-0.25, -0.2) is 4.98 Å². The summed E-state index contributed by atoms with van der Waals surface area (Å²) in [5.74, 6) is 0.254. The Balaban J connectivity index is 1.67. The molecule has 0 bridgehead atoms. The number of thiazole rings is 1. The monoisotopic (exact) mass is 339 g/mol. The van der Waals surface area contributed by atoms with Gasteiger partial charge in [-0.15, -0.1) is 11.3 Å². The number of likely N-dealkylation sites (tertiary alicyclic amines) is 1. The first kappa shape index (κ1) is 15.5. The van der Waals surface area contributed by atoms with E-state index in [1.807, 2.05) is 11.8 Å². The number of hydrogen-bond donors (Lipinski definition) is 0. The molecule has 1 saturated heterocycles. The summed E-state index contributed by atoms with van der Waals surface area (Å²) in [7, 11) is 0. The van der Waals surface area contributed by atoms with E-state index < -0.39 is 0 Å². The van der Waals surface area contributed by atoms with Crippen molar-refractivity contribution in [3.05, 3.63) is 33.1 Å². The Kier molecular flexibility index (Phi) is 4.23. The molecule has 1 aliphatic rings. The largest absolute Gasteiger partial charge is 0.351 e. The molecular formula is C15H18ClN3O2S. The number of aryl methyl sites for hydroxylation is 1. The first-order valence-corrected chi connectivity index (χ1v) is 8.58. The molecule has 2 aromatic rings. The summed E-state index contributed by atoms with van der Waals surface area (Å²) in [6.07, 6.45) is 4.21. The van der Waals surface area contributed by atoms with Gasteiger partial charge >= 0.3 is 0 Å². The van der Waals surface area contributed by atoms with E-state index >= 15 is 0 Å². The molecule has 118 valence electrons. The topological polar surface area (TPSA) is 59.2 Å². The Morgan fingerprint density at radius 1 is 1.50 bits per heavy atom. The van der Waals surface area contributed by atoms with Crippen LogP contribution < -0.4 is 0 Å². The van der Waals surface area contributed by atoms with Crippen LogP contribution in [0.5, 0.6) is 0 Å². The van der Waals surface area contributed by atoms with E-state index in [2.05, 4.69) is 17.1 Å². The van der Waals surface area contributed by atoms with Crippen LogP contribution >= 0.6 is 22.9 Å². The molecule has 2 aromatic heterocycles. The van der Waals surface area contributed by atoms with Crippen LogP contribution in [0.25, 0.3) is 0 Å². The van der Waals surface area contributed by atoms with Gasteiger partial charge in [-0.3, -0.25) is 4.79 Å². The van der Waals surface area contributed by atoms with Crippen LogP contribution in [0.1, 0.15) is 47.9 Å². The average Bonchev–Trinajstić information content (AvgIpc) is 3.16. The van der Waals surface area contributed by atoms with Gasteiger partial charge in [0.15, 0.2) is 0 Å². The summed E-state index contributed by atoms with van der Waals surface area (Å²) >= 11 is 7.52. The quantitative estimate of drug-likeness (QED) is 0.858. The second kappa shape index (κ2) is 6.01. The third kappa shape index (κ3) is 2.90. The zero-order valence-electron chi connectivity index (χ0n) is 12.6. The molecule has 0 atom stereocenters. The van der Waals surface area contributed by atoms with Crippen molar-refractivity contribution in [2.75, 3.05) is 13.1 Å². The highest BCUT2D eigenvalue weighted by Gasteiger charge is 2.36. The van der Waals surface area contributed by atoms with E-state index in [0.29, 0.717) is 23.2 Å². The SMILES string of the molecule is CCc1cc(C(=O)N2CCC(C)(c3ncc(Cl)s3)CC2)on1. The summed E-state index contributed by atoms with van der Waals surface area (Å²) in [6, 6.07) is 1.73. The van der Waals surface area contributed by atoms with Gasteiger partial charge < -0.3 is 9.42 Å². The molecule has 0 saturated carbocycles. The summed E-state index contributed by atoms with van der Waals surface area (Å²) < 4.78 is 5.85. The van der Waals surface area contributed by atoms with Crippen LogP contribution in [0.3, 0.4) is 0 Å². The summed E-state index contributed by atoms with van der Waals surface area (Å²) in [6.45, 7) is 5.55. The third-order valence-corrected chi connectivity index (χ3v) is 5.70. The number of carbonyl (C=O) groups is 1. The molecule has 5 nitrogen and oxygen atoms in total. The zero-order valence-corrected chi connectivity index (χ0v) is 14.2. The van der Waals surface area contributed by atoms with Gasteiger partial charge in [0.05, 0.1) is 11.9 Å². The Morgan fingerprint density at radius 2 is 2.23 bits per heavy atom. The minimum Gasteiger partial charge on any atom is -0.351 e. The lowest BCUT2D eigenvalue weighted by atomic mass is 9.81. The van der Waals surface area contributed by atoms with Crippen molar-refractivity contribution in [2.45, 2.75) is 38.5 Å². The van der Waals surface area contributed by atoms with E-state index in [0.717, 1.165) is 30.0 Å². The minimum absolute atomic E-state index is 0.00935. The fourth-order valence-corrected chi connectivity index (χ4v) is 3.80. The molecule has 3 rings (SSSR count). The zero-order chi connectivity index (χ0) is 15.7. The first-order valence-electron chi connectivity index (χ1n) is 7.38. The van der Waals surface area contributed by atoms with Crippen molar-refractivity contribution in [1.29, 1.82) is 0 Å². The molecule has 0 radical (unpaired) electrons. The lowest BCUT2D eigenvalue weighted by molar-refractivity contribution is 0.0634. The fourth-order valence-electron chi connectivity index (χ4n) is 2.69. The molecular weight excluding hydrogens is 322 g/mol. The van der Waals surface area contributed by atoms with Gasteiger partial charge in [0.25, 0.3) is 5.91 Å². The number of carbonyl (C=O) groups excluding carboxylic acids is 1. The minimum atomic E-state index is -0.0774. The van der Waals surface area contributed by atoms with Crippen molar-refractivity contribution >= 4 is 28.8 Å². The van der Waals surface area contributed by atoms with Crippen molar-refractivity contribution in [3.63, 3.8) is 0 Å². The summed E-state index contributed by atoms with van der Waals surface area (Å²) in [5.41, 5.74) is 0.799. The second-order valence-corrected chi connectivity index (χ2v) is 7.52. The van der Waals surface area contributed by atoms with Gasteiger partial charge in [-0.1, -0.05) is 30.6 Å². The van der Waals surface area contributed by atoms with Gasteiger partial charge in [-0.05, 0) is 19.3 Å². The van der Waals surface area contributed by atoms with E-state index in [-0.39, 0.29) is 11.3 Å². The highest BCUT2D eigenvalue weighted by molar-refractivity contribution is 7.15. The van der Waals surface area contributed by atoms with Crippen LogP contribution in [0.15, 0.2) is 16.8 Å². The molecule has 0 N–H and O–H groups in total. The predicted octanol–water partition coefficient (Wildman–Crippen LogP) is 3.54. The molecule has 7 heteroatoms. The number of amides is 1. The smallest absolute Gasteiger partial charge is 0.292 e. The Hall–Kier alpha value is -1.40. The van der Waals surface area contributed by atoms with Crippen molar-refractivity contribution in [2.24, 2.45) is 0 Å². The molecule has 0 unspecified atom stereocenters. The third-order valence-electron chi connectivity index (χ3n) is 4.28. The number of rotatable bonds is 3. The number of nitrogens with zero attached hydrogens (tertiary/aromatic N) is 3. The lowest BCUT2D eigenvalue weighted by Crippen LogP contribution is -2.43. The Morgan fingerprint density at radius 3 is 2.77 bits per heavy atom. The van der Waals surface area contributed by atoms with Crippen LogP contribution in [-0.2, 0) is 11.8 Å². The van der Waals surface area contributed by atoms with Crippen molar-refractivity contribution in [1.82, 2.24) is 15.0 Å². The second-order valence-electron chi connectivity index (χ2n) is 5.86. The lowest BCUT2D eigenvalue weighted by Gasteiger charge is -2.37. The number of aromatic nitrogens is 2. The normalized spacial score (nSPS) is 17.7. The molecule has 0 aromatic carbocycles. The molecule has 1 aliphatic heterocycles. The fraction of sp³-hybridized carbons (Fsp3) is 0.533. The van der Waals surface area contributed by atoms with Gasteiger partial charge in [-0.2, -0.15) is 0 Å². The van der Waals surface area contributed by atoms with Crippen molar-refractivity contribution in [3.8, 4) is 0 Å². The van der Waals surface area contributed by atoms with Crippen LogP contribution in [0.4, 0.5) is 0 Å². The molecule has 0 aliphatic carbocycles. The summed E-state index contributed by atoms with van der Waals surface area (Å²) in [5, 5.41) is 4.94. The highest BCUT2D eigenvalue weighted by atomic mass is 35.5. The molecule has 1 fully saturated rings. The van der Waals surface area contributed by atoms with Crippen LogP contribution in [-0.4, -0.2) is 34.0 Å². The van der Waals surface area contributed by atoms with Crippen LogP contribution in [0, 0.1) is 0 Å². The van der Waals surface area contributed by atoms with Gasteiger partial charge in [0.2, 0.25) is 5.76 Å². The van der Waals surface area contributed by atoms with Crippen molar-refractivity contribution < 1.29 is 9.32 Å². The maximum absolute atomic E-state index is 12.4. The maximum atomic E-state index is 12.4. The highest BCUT2D eigenvalue weighted by Crippen LogP contribution is 2.38. The molecule has 0 spiro atoms. The Labute approximate surface area is 138 Å². The van der Waals surface area contributed by atoms with Crippen LogP contribution in [0.2, 0.25) is 4.34 Å². The first-order chi connectivity index (χ1) is 10.5. The van der Waals surface area contributed by atoms with E-state index in [1.54, 1.807) is 12.3 Å². The molecule has 1 amide bonds. The number of piperidine rings is 1. The number of halogens is 1. The van der Waals surface area contributed by atoms with E-state index in [1.165, 1.54) is 11.3 Å². The maximum Gasteiger partial charge on any atom is 0.292 e. The number of hydrogen-bond acceptors (Lipinski definition) is 5. The standard InChI is InChI=1S/C15H18ClN3O2S/c1-3-10-8-11(21-18-10)13(20)19-6-4-15(2,5-7-19)14-17-9-12(16)22-14/h8-9H,3-7H2,1-2H3. The van der Waals surface area contributed by atoms with E-state index in [9.17, 15) is 4.79 Å². The van der Waals surface area contributed by atoms with Gasteiger partial charge in [0, 0.05) is 24.6 Å². The van der Waals surface area contributed by atoms with Gasteiger partial charge in [0.1, 0.15) is 9.34 Å². The Bertz CT molecular complexity index is 674. The predicted molar refractivity (Wildman–Crippen MR) is 85.5 cm³/mol. The molecule has 3 heterocycles. The van der Waals surface area contributed by atoms with E-state index in [4.69, 9.17) is 16.1 Å². The summed E-state index contributed by atoms with van der Waals surface area (Å²) in [4.78, 5) is 18.7.